The SMILES string of the molecule is CCc1cccc(Oc2ccc(OCc3csc(Cl)c3Cl)cc2)c1. The van der Waals surface area contributed by atoms with Crippen molar-refractivity contribution >= 4 is 34.5 Å². The molecule has 0 saturated carbocycles. The predicted molar refractivity (Wildman–Crippen MR) is 101 cm³/mol. The van der Waals surface area contributed by atoms with E-state index in [0.29, 0.717) is 16.0 Å². The molecule has 0 aliphatic carbocycles. The zero-order valence-corrected chi connectivity index (χ0v) is 15.4. The van der Waals surface area contributed by atoms with E-state index < -0.39 is 0 Å². The maximum Gasteiger partial charge on any atom is 0.127 e. The highest BCUT2D eigenvalue weighted by atomic mass is 35.5. The Labute approximate surface area is 155 Å². The number of benzene rings is 2. The fourth-order valence-corrected chi connectivity index (χ4v) is 3.41. The first-order valence-corrected chi connectivity index (χ1v) is 9.20. The molecule has 0 spiro atoms. The maximum atomic E-state index is 6.09. The summed E-state index contributed by atoms with van der Waals surface area (Å²) in [5.41, 5.74) is 2.14. The van der Waals surface area contributed by atoms with Crippen LogP contribution in [0.2, 0.25) is 9.36 Å². The zero-order chi connectivity index (χ0) is 16.9. The van der Waals surface area contributed by atoms with Gasteiger partial charge in [0, 0.05) is 10.9 Å². The van der Waals surface area contributed by atoms with Crippen molar-refractivity contribution in [3.8, 4) is 17.2 Å². The molecular formula is C19H16Cl2O2S. The number of aryl methyl sites for hydroxylation is 1. The van der Waals surface area contributed by atoms with Crippen LogP contribution in [0.4, 0.5) is 0 Å². The van der Waals surface area contributed by atoms with Gasteiger partial charge in [-0.15, -0.1) is 11.3 Å². The number of halogens is 2. The van der Waals surface area contributed by atoms with Crippen molar-refractivity contribution in [3.05, 3.63) is 74.4 Å². The third kappa shape index (κ3) is 4.23. The highest BCUT2D eigenvalue weighted by Crippen LogP contribution is 2.33. The molecule has 0 saturated heterocycles. The second kappa shape index (κ2) is 7.93. The molecule has 2 nitrogen and oxygen atoms in total. The van der Waals surface area contributed by atoms with Gasteiger partial charge in [-0.25, -0.2) is 0 Å². The van der Waals surface area contributed by atoms with Gasteiger partial charge < -0.3 is 9.47 Å². The molecule has 1 heterocycles. The number of thiophene rings is 1. The van der Waals surface area contributed by atoms with Gasteiger partial charge in [-0.3, -0.25) is 0 Å². The van der Waals surface area contributed by atoms with E-state index in [9.17, 15) is 0 Å². The highest BCUT2D eigenvalue weighted by molar-refractivity contribution is 7.15. The Kier molecular flexibility index (Phi) is 5.67. The summed E-state index contributed by atoms with van der Waals surface area (Å²) >= 11 is 13.4. The molecule has 0 aliphatic heterocycles. The summed E-state index contributed by atoms with van der Waals surface area (Å²) in [6, 6.07) is 15.6. The van der Waals surface area contributed by atoms with Gasteiger partial charge in [0.05, 0.1) is 5.02 Å². The van der Waals surface area contributed by atoms with Crippen LogP contribution in [0.15, 0.2) is 53.9 Å². The van der Waals surface area contributed by atoms with Crippen LogP contribution in [-0.4, -0.2) is 0 Å². The van der Waals surface area contributed by atoms with Crippen molar-refractivity contribution in [2.75, 3.05) is 0 Å². The number of ether oxygens (including phenoxy) is 2. The third-order valence-electron chi connectivity index (χ3n) is 3.52. The molecule has 3 aromatic rings. The summed E-state index contributed by atoms with van der Waals surface area (Å²) in [7, 11) is 0. The minimum Gasteiger partial charge on any atom is -0.489 e. The summed E-state index contributed by atoms with van der Waals surface area (Å²) in [5, 5.41) is 2.47. The summed E-state index contributed by atoms with van der Waals surface area (Å²) in [6.45, 7) is 2.51. The van der Waals surface area contributed by atoms with Gasteiger partial charge in [0.25, 0.3) is 0 Å². The minimum absolute atomic E-state index is 0.390. The first-order valence-electron chi connectivity index (χ1n) is 7.56. The first-order chi connectivity index (χ1) is 11.7. The number of rotatable bonds is 6. The monoisotopic (exact) mass is 378 g/mol. The van der Waals surface area contributed by atoms with Crippen LogP contribution in [0, 0.1) is 0 Å². The summed E-state index contributed by atoms with van der Waals surface area (Å²) in [5.74, 6) is 2.36. The van der Waals surface area contributed by atoms with Gasteiger partial charge in [-0.2, -0.15) is 0 Å². The van der Waals surface area contributed by atoms with Crippen LogP contribution in [0.1, 0.15) is 18.1 Å². The van der Waals surface area contributed by atoms with Crippen LogP contribution in [0.5, 0.6) is 17.2 Å². The number of hydrogen-bond acceptors (Lipinski definition) is 3. The molecule has 0 N–H and O–H groups in total. The molecule has 1 aromatic heterocycles. The molecule has 5 heteroatoms. The first kappa shape index (κ1) is 17.2. The molecule has 0 aliphatic rings. The van der Waals surface area contributed by atoms with Crippen molar-refractivity contribution in [2.45, 2.75) is 20.0 Å². The Balaban J connectivity index is 1.61. The lowest BCUT2D eigenvalue weighted by Crippen LogP contribution is -1.94. The summed E-state index contributed by atoms with van der Waals surface area (Å²) < 4.78 is 12.2. The van der Waals surface area contributed by atoms with Gasteiger partial charge in [-0.05, 0) is 48.4 Å². The van der Waals surface area contributed by atoms with Crippen molar-refractivity contribution in [2.24, 2.45) is 0 Å². The second-order valence-corrected chi connectivity index (χ2v) is 7.07. The minimum atomic E-state index is 0.390. The van der Waals surface area contributed by atoms with E-state index in [0.717, 1.165) is 29.2 Å². The van der Waals surface area contributed by atoms with Gasteiger partial charge in [0.1, 0.15) is 28.2 Å². The van der Waals surface area contributed by atoms with Crippen LogP contribution in [0.3, 0.4) is 0 Å². The smallest absolute Gasteiger partial charge is 0.127 e. The van der Waals surface area contributed by atoms with Crippen LogP contribution in [0.25, 0.3) is 0 Å². The van der Waals surface area contributed by atoms with Gasteiger partial charge in [-0.1, -0.05) is 42.3 Å². The molecule has 0 fully saturated rings. The molecule has 3 rings (SSSR count). The van der Waals surface area contributed by atoms with E-state index in [1.54, 1.807) is 0 Å². The average molecular weight is 379 g/mol. The number of hydrogen-bond donors (Lipinski definition) is 0. The largest absolute Gasteiger partial charge is 0.489 e. The van der Waals surface area contributed by atoms with Gasteiger partial charge in [0.2, 0.25) is 0 Å². The van der Waals surface area contributed by atoms with E-state index in [4.69, 9.17) is 32.7 Å². The Morgan fingerprint density at radius 3 is 2.38 bits per heavy atom. The third-order valence-corrected chi connectivity index (χ3v) is 5.43. The lowest BCUT2D eigenvalue weighted by atomic mass is 10.2. The van der Waals surface area contributed by atoms with Crippen molar-refractivity contribution in [3.63, 3.8) is 0 Å². The molecule has 0 atom stereocenters. The predicted octanol–water partition coefficient (Wildman–Crippen LogP) is 6.99. The Morgan fingerprint density at radius 2 is 1.71 bits per heavy atom. The van der Waals surface area contributed by atoms with E-state index in [1.807, 2.05) is 47.8 Å². The molecule has 2 aromatic carbocycles. The molecule has 124 valence electrons. The van der Waals surface area contributed by atoms with Crippen LogP contribution < -0.4 is 9.47 Å². The zero-order valence-electron chi connectivity index (χ0n) is 13.1. The fraction of sp³-hybridized carbons (Fsp3) is 0.158. The summed E-state index contributed by atoms with van der Waals surface area (Å²) in [6.07, 6.45) is 0.985. The summed E-state index contributed by atoms with van der Waals surface area (Å²) in [4.78, 5) is 0. The van der Waals surface area contributed by atoms with Gasteiger partial charge >= 0.3 is 0 Å². The molecule has 0 radical (unpaired) electrons. The lowest BCUT2D eigenvalue weighted by Gasteiger charge is -2.09. The molecule has 24 heavy (non-hydrogen) atoms. The van der Waals surface area contributed by atoms with Crippen LogP contribution in [-0.2, 0) is 13.0 Å². The van der Waals surface area contributed by atoms with Crippen molar-refractivity contribution in [1.82, 2.24) is 0 Å². The Hall–Kier alpha value is -1.68. The normalized spacial score (nSPS) is 10.6. The van der Waals surface area contributed by atoms with Crippen molar-refractivity contribution < 1.29 is 9.47 Å². The quantitative estimate of drug-likeness (QED) is 0.460. The topological polar surface area (TPSA) is 18.5 Å². The van der Waals surface area contributed by atoms with E-state index in [-0.39, 0.29) is 0 Å². The second-order valence-electron chi connectivity index (χ2n) is 5.21. The molecule has 0 amide bonds. The van der Waals surface area contributed by atoms with Crippen molar-refractivity contribution in [1.29, 1.82) is 0 Å². The van der Waals surface area contributed by atoms with E-state index >= 15 is 0 Å². The van der Waals surface area contributed by atoms with Crippen LogP contribution >= 0.6 is 34.5 Å². The fourth-order valence-electron chi connectivity index (χ4n) is 2.18. The molecule has 0 bridgehead atoms. The Morgan fingerprint density at radius 1 is 0.958 bits per heavy atom. The average Bonchev–Trinajstić information content (AvgIpc) is 2.93. The standard InChI is InChI=1S/C19H16Cl2O2S/c1-2-13-4-3-5-17(10-13)23-16-8-6-15(7-9-16)22-11-14-12-24-19(21)18(14)20/h3-10,12H,2,11H2,1H3. The highest BCUT2D eigenvalue weighted by Gasteiger charge is 2.08. The van der Waals surface area contributed by atoms with Gasteiger partial charge in [0.15, 0.2) is 0 Å². The van der Waals surface area contributed by atoms with E-state index in [1.165, 1.54) is 16.9 Å². The maximum absolute atomic E-state index is 6.09. The van der Waals surface area contributed by atoms with E-state index in [2.05, 4.69) is 13.0 Å². The lowest BCUT2D eigenvalue weighted by molar-refractivity contribution is 0.306. The Bertz CT molecular complexity index is 812. The molecular weight excluding hydrogens is 363 g/mol. The molecule has 0 unspecified atom stereocenters.